The minimum atomic E-state index is -3.13. The van der Waals surface area contributed by atoms with E-state index in [0.717, 1.165) is 0 Å². The van der Waals surface area contributed by atoms with Crippen molar-refractivity contribution in [3.63, 3.8) is 0 Å². The first-order chi connectivity index (χ1) is 5.20. The van der Waals surface area contributed by atoms with E-state index in [0.29, 0.717) is 0 Å². The summed E-state index contributed by atoms with van der Waals surface area (Å²) < 4.78 is 26.2. The maximum atomic E-state index is 8.74. The van der Waals surface area contributed by atoms with Gasteiger partial charge in [-0.3, -0.25) is 13.4 Å². The average Bonchev–Trinajstić information content (AvgIpc) is 1.54. The van der Waals surface area contributed by atoms with Crippen molar-refractivity contribution in [1.29, 1.82) is 0 Å². The zero-order valence-corrected chi connectivity index (χ0v) is 18.5. The second-order valence-electron chi connectivity index (χ2n) is 0.848. The summed E-state index contributed by atoms with van der Waals surface area (Å²) in [5.41, 5.74) is 0. The number of halogens is 1. The monoisotopic (exact) mass is 380 g/mol. The Morgan fingerprint density at radius 2 is 0.647 bits per heavy atom. The Bertz CT molecular complexity index is 144. The summed E-state index contributed by atoms with van der Waals surface area (Å²) in [4.78, 5) is 42.9. The molecule has 0 aliphatic heterocycles. The molecule has 0 amide bonds. The van der Waals surface area contributed by atoms with Crippen LogP contribution in [0.25, 0.3) is 0 Å². The molecule has 0 bridgehead atoms. The maximum Gasteiger partial charge on any atom is 2.00 e. The van der Waals surface area contributed by atoms with Crippen LogP contribution < -0.4 is 51.4 Å². The van der Waals surface area contributed by atoms with Gasteiger partial charge in [-0.25, -0.2) is 0 Å². The molecule has 0 aliphatic rings. The van der Waals surface area contributed by atoms with E-state index in [9.17, 15) is 0 Å². The Morgan fingerprint density at radius 1 is 0.647 bits per heavy atom. The second kappa shape index (κ2) is 42.9. The van der Waals surface area contributed by atoms with E-state index in [1.165, 1.54) is 0 Å². The normalized spacial score (nSPS) is 4.24. The molecule has 0 fully saturated rings. The molecule has 0 aromatic heterocycles. The van der Waals surface area contributed by atoms with Crippen LogP contribution in [-0.2, 0) is 13.4 Å². The summed E-state index contributed by atoms with van der Waals surface area (Å²) in [6.07, 6.45) is 0. The Kier molecular flexibility index (Phi) is 128. The Labute approximate surface area is 189 Å². The summed E-state index contributed by atoms with van der Waals surface area (Å²) >= 11 is 0. The van der Waals surface area contributed by atoms with Gasteiger partial charge < -0.3 is 41.4 Å². The summed E-state index contributed by atoms with van der Waals surface area (Å²) in [6, 6.07) is 0. The van der Waals surface area contributed by atoms with Gasteiger partial charge in [0, 0.05) is 0 Å². The van der Waals surface area contributed by atoms with Crippen LogP contribution >= 0.6 is 12.4 Å². The van der Waals surface area contributed by atoms with Gasteiger partial charge in [0.25, 0.3) is 0 Å². The van der Waals surface area contributed by atoms with Crippen molar-refractivity contribution >= 4 is 86.0 Å². The Hall–Kier alpha value is 2.27. The van der Waals surface area contributed by atoms with Gasteiger partial charge in [-0.2, -0.15) is 0 Å². The molecule has 17 heavy (non-hydrogen) atoms. The van der Waals surface area contributed by atoms with Crippen LogP contribution in [0.2, 0.25) is 0 Å². The molecule has 0 radical (unpaired) electrons. The molecule has 0 aromatic carbocycles. The maximum absolute atomic E-state index is 8.74. The van der Waals surface area contributed by atoms with Crippen LogP contribution in [0.15, 0.2) is 0 Å². The predicted octanol–water partition coefficient (Wildman–Crippen LogP) is -8.44. The van der Waals surface area contributed by atoms with E-state index in [1.54, 1.807) is 0 Å². The van der Waals surface area contributed by atoms with Gasteiger partial charge in [0.2, 0.25) is 0 Å². The van der Waals surface area contributed by atoms with E-state index in [1.807, 2.05) is 0 Å². The molecule has 0 heterocycles. The SMILES string of the molecule is Cl.O.O=[Si](O)O.O=[Si](O)O.O=[Si](O)O.[H-].[H-].[H-].[H-].[H-].[K+].[Mg+2].[Mg+2]. The minimum Gasteiger partial charge on any atom is -1.00 e. The molecule has 0 saturated heterocycles. The Morgan fingerprint density at radius 3 is 0.647 bits per heavy atom. The number of rotatable bonds is 0. The van der Waals surface area contributed by atoms with Crippen molar-refractivity contribution in [2.75, 3.05) is 0 Å². The first kappa shape index (κ1) is 50.6. The fourth-order valence-electron chi connectivity index (χ4n) is 0. The first-order valence-corrected chi connectivity index (χ1v) is 5.86. The van der Waals surface area contributed by atoms with Gasteiger partial charge in [0.05, 0.1) is 0 Å². The zero-order chi connectivity index (χ0) is 10.7. The van der Waals surface area contributed by atoms with Crippen molar-refractivity contribution in [2.24, 2.45) is 0 Å². The molecule has 0 aromatic rings. The molecule has 17 heteroatoms. The molecule has 0 unspecified atom stereocenters. The van der Waals surface area contributed by atoms with Crippen molar-refractivity contribution < 1.29 is 106 Å². The topological polar surface area (TPSA) is 204 Å². The standard InChI is InChI=1S/ClH.K.2Mg.3H2O3Si.H2O.5H/c;;;;3*1-4(2)3;;;;;;/h1H;;;;3*1-2H;1H2;;;;;/q;+1;2*+2;;;;;5*-1. The molecule has 10 nitrogen and oxygen atoms in total. The smallest absolute Gasteiger partial charge is 1.00 e. The molecule has 8 N–H and O–H groups in total. The third-order valence-electron chi connectivity index (χ3n) is 0. The van der Waals surface area contributed by atoms with E-state index in [2.05, 4.69) is 0 Å². The summed E-state index contributed by atoms with van der Waals surface area (Å²) in [5, 5.41) is 0. The molecular weight excluding hydrogens is 367 g/mol. The van der Waals surface area contributed by atoms with Gasteiger partial charge >= 0.3 is 125 Å². The number of hydrogen-bond donors (Lipinski definition) is 6. The third kappa shape index (κ3) is 939. The van der Waals surface area contributed by atoms with E-state index < -0.39 is 27.5 Å². The predicted molar refractivity (Wildman–Crippen MR) is 60.6 cm³/mol. The van der Waals surface area contributed by atoms with Crippen molar-refractivity contribution in [3.8, 4) is 0 Å². The molecular formula is H14ClKMg2O10Si3. The van der Waals surface area contributed by atoms with Crippen LogP contribution in [0.1, 0.15) is 7.13 Å². The van der Waals surface area contributed by atoms with Gasteiger partial charge in [-0.15, -0.1) is 12.4 Å². The molecule has 0 spiro atoms. The quantitative estimate of drug-likeness (QED) is 0.220. The third-order valence-corrected chi connectivity index (χ3v) is 0. The Balaban J connectivity index is -0.00000000409. The fourth-order valence-corrected chi connectivity index (χ4v) is 0. The van der Waals surface area contributed by atoms with Crippen LogP contribution in [0.3, 0.4) is 0 Å². The van der Waals surface area contributed by atoms with E-state index in [-0.39, 0.29) is 123 Å². The van der Waals surface area contributed by atoms with Gasteiger partial charge in [0.15, 0.2) is 0 Å². The largest absolute Gasteiger partial charge is 2.00 e. The van der Waals surface area contributed by atoms with Crippen molar-refractivity contribution in [3.05, 3.63) is 0 Å². The zero-order valence-electron chi connectivity index (χ0n) is 13.7. The average molecular weight is 382 g/mol. The van der Waals surface area contributed by atoms with Gasteiger partial charge in [-0.05, 0) is 0 Å². The molecule has 0 aliphatic carbocycles. The van der Waals surface area contributed by atoms with Crippen LogP contribution in [0.5, 0.6) is 0 Å². The summed E-state index contributed by atoms with van der Waals surface area (Å²) in [7, 11) is -9.39. The molecule has 0 rings (SSSR count). The summed E-state index contributed by atoms with van der Waals surface area (Å²) in [5.74, 6) is 0. The fraction of sp³-hybridized carbons (Fsp3) is 0. The summed E-state index contributed by atoms with van der Waals surface area (Å²) in [6.45, 7) is 0. The molecule has 98 valence electrons. The van der Waals surface area contributed by atoms with Crippen LogP contribution in [-0.4, -0.2) is 108 Å². The van der Waals surface area contributed by atoms with Crippen LogP contribution in [0.4, 0.5) is 0 Å². The van der Waals surface area contributed by atoms with Gasteiger partial charge in [0.1, 0.15) is 0 Å². The van der Waals surface area contributed by atoms with E-state index >= 15 is 0 Å². The van der Waals surface area contributed by atoms with Gasteiger partial charge in [-0.1, -0.05) is 0 Å². The number of hydrogen-bond acceptors (Lipinski definition) is 3. The van der Waals surface area contributed by atoms with Crippen molar-refractivity contribution in [1.82, 2.24) is 0 Å². The second-order valence-corrected chi connectivity index (χ2v) is 2.54. The molecule has 0 saturated carbocycles. The van der Waals surface area contributed by atoms with Crippen LogP contribution in [0, 0.1) is 0 Å². The molecule has 0 atom stereocenters. The first-order valence-electron chi connectivity index (χ1n) is 1.95. The minimum absolute atomic E-state index is 0. The van der Waals surface area contributed by atoms with E-state index in [4.69, 9.17) is 42.2 Å². The van der Waals surface area contributed by atoms with Crippen molar-refractivity contribution in [2.45, 2.75) is 0 Å².